The molecule has 9 aromatic carbocycles. The van der Waals surface area contributed by atoms with Crippen LogP contribution in [-0.2, 0) is 5.41 Å². The number of rotatable bonds is 6. The van der Waals surface area contributed by atoms with E-state index in [1.54, 1.807) is 0 Å². The predicted molar refractivity (Wildman–Crippen MR) is 259 cm³/mol. The van der Waals surface area contributed by atoms with Gasteiger partial charge in [-0.3, -0.25) is 0 Å². The second-order valence-electron chi connectivity index (χ2n) is 16.3. The molecule has 0 N–H and O–H groups in total. The summed E-state index contributed by atoms with van der Waals surface area (Å²) >= 11 is 1.85. The maximum atomic E-state index is 6.59. The quantitative estimate of drug-likeness (QED) is 0.168. The van der Waals surface area contributed by atoms with Gasteiger partial charge in [-0.25, -0.2) is 15.0 Å². The van der Waals surface area contributed by atoms with Crippen molar-refractivity contribution in [2.24, 2.45) is 0 Å². The van der Waals surface area contributed by atoms with Gasteiger partial charge in [0.15, 0.2) is 17.5 Å². The van der Waals surface area contributed by atoms with Crippen LogP contribution in [0, 0.1) is 0 Å². The van der Waals surface area contributed by atoms with Gasteiger partial charge in [-0.05, 0) is 80.9 Å². The van der Waals surface area contributed by atoms with Gasteiger partial charge in [0.05, 0.1) is 5.41 Å². The van der Waals surface area contributed by atoms with Gasteiger partial charge in [0, 0.05) is 47.6 Å². The summed E-state index contributed by atoms with van der Waals surface area (Å²) < 4.78 is 9.19. The molecule has 3 heterocycles. The molecule has 0 fully saturated rings. The van der Waals surface area contributed by atoms with Crippen LogP contribution in [0.15, 0.2) is 217 Å². The molecule has 0 saturated carbocycles. The molecule has 0 aliphatic heterocycles. The minimum atomic E-state index is -0.542. The molecule has 3 aromatic heterocycles. The topological polar surface area (TPSA) is 51.8 Å². The van der Waals surface area contributed by atoms with Crippen molar-refractivity contribution in [1.29, 1.82) is 0 Å². The molecule has 0 radical (unpaired) electrons. The Balaban J connectivity index is 0.965. The maximum absolute atomic E-state index is 6.59. The van der Waals surface area contributed by atoms with Gasteiger partial charge in [0.1, 0.15) is 11.2 Å². The minimum absolute atomic E-state index is 0.542. The van der Waals surface area contributed by atoms with Crippen LogP contribution in [-0.4, -0.2) is 15.0 Å². The smallest absolute Gasteiger partial charge is 0.164 e. The third-order valence-corrected chi connectivity index (χ3v) is 14.0. The summed E-state index contributed by atoms with van der Waals surface area (Å²) in [6, 6.07) is 75.6. The maximum Gasteiger partial charge on any atom is 0.164 e. The first-order valence-corrected chi connectivity index (χ1v) is 22.1. The van der Waals surface area contributed by atoms with Crippen LogP contribution in [0.3, 0.4) is 0 Å². The van der Waals surface area contributed by atoms with Crippen LogP contribution in [0.1, 0.15) is 22.3 Å². The minimum Gasteiger partial charge on any atom is -0.456 e. The summed E-state index contributed by atoms with van der Waals surface area (Å²) in [4.78, 5) is 15.6. The van der Waals surface area contributed by atoms with Crippen molar-refractivity contribution < 1.29 is 4.42 Å². The number of fused-ring (bicyclic) bond motifs is 9. The lowest BCUT2D eigenvalue weighted by atomic mass is 9.67. The Morgan fingerprint density at radius 1 is 0.349 bits per heavy atom. The van der Waals surface area contributed by atoms with Crippen LogP contribution in [0.5, 0.6) is 0 Å². The van der Waals surface area contributed by atoms with Gasteiger partial charge < -0.3 is 4.42 Å². The molecule has 1 aliphatic rings. The highest BCUT2D eigenvalue weighted by atomic mass is 32.1. The number of hydrogen-bond acceptors (Lipinski definition) is 5. The first-order chi connectivity index (χ1) is 31.2. The van der Waals surface area contributed by atoms with Crippen molar-refractivity contribution in [3.05, 3.63) is 235 Å². The van der Waals surface area contributed by atoms with E-state index in [0.29, 0.717) is 17.5 Å². The lowest BCUT2D eigenvalue weighted by molar-refractivity contribution is 0.669. The van der Waals surface area contributed by atoms with E-state index in [-0.39, 0.29) is 0 Å². The van der Waals surface area contributed by atoms with E-state index in [2.05, 4.69) is 194 Å². The van der Waals surface area contributed by atoms with Gasteiger partial charge in [0.2, 0.25) is 0 Å². The standard InChI is InChI=1S/C58H35N3OS/c1-4-15-36(16-5-1)55-59-56(38-27-30-44-43-21-10-12-25-49(43)58(50(44)34-38,40-17-6-2-7-18-40)41-19-8-3-9-20-41)61-57(60-55)39-28-31-45-48-33-37(29-32-51(48)62-52(45)35-39)42-23-14-24-47-46-22-11-13-26-53(46)63-54(42)47/h1-35H. The van der Waals surface area contributed by atoms with E-state index in [1.807, 2.05) is 29.5 Å². The van der Waals surface area contributed by atoms with Crippen molar-refractivity contribution in [2.45, 2.75) is 5.41 Å². The Hall–Kier alpha value is -7.99. The molecule has 0 bridgehead atoms. The van der Waals surface area contributed by atoms with E-state index in [0.717, 1.165) is 38.6 Å². The fourth-order valence-corrected chi connectivity index (χ4v) is 11.2. The number of thiophene rings is 1. The van der Waals surface area contributed by atoms with Gasteiger partial charge in [-0.1, -0.05) is 176 Å². The zero-order valence-electron chi connectivity index (χ0n) is 33.9. The van der Waals surface area contributed by atoms with Crippen molar-refractivity contribution >= 4 is 53.4 Å². The molecular weight excluding hydrogens is 787 g/mol. The molecule has 0 spiro atoms. The van der Waals surface area contributed by atoms with Gasteiger partial charge >= 0.3 is 0 Å². The average Bonchev–Trinajstić information content (AvgIpc) is 4.02. The lowest BCUT2D eigenvalue weighted by Gasteiger charge is -2.34. The molecule has 4 nitrogen and oxygen atoms in total. The molecule has 0 amide bonds. The van der Waals surface area contributed by atoms with E-state index in [4.69, 9.17) is 19.4 Å². The Labute approximate surface area is 367 Å². The molecule has 294 valence electrons. The summed E-state index contributed by atoms with van der Waals surface area (Å²) in [5.74, 6) is 1.80. The molecule has 0 atom stereocenters. The fraction of sp³-hybridized carbons (Fsp3) is 0.0172. The fourth-order valence-electron chi connectivity index (χ4n) is 9.99. The van der Waals surface area contributed by atoms with Gasteiger partial charge in [-0.2, -0.15) is 0 Å². The van der Waals surface area contributed by atoms with Crippen LogP contribution >= 0.6 is 11.3 Å². The molecule has 0 unspecified atom stereocenters. The Morgan fingerprint density at radius 2 is 0.937 bits per heavy atom. The SMILES string of the molecule is c1ccc(-c2nc(-c3ccc4c(c3)C(c3ccccc3)(c3ccccc3)c3ccccc3-4)nc(-c3ccc4c(c3)oc3ccc(-c5cccc6c5sc5ccccc56)cc34)n2)cc1. The van der Waals surface area contributed by atoms with E-state index < -0.39 is 5.41 Å². The largest absolute Gasteiger partial charge is 0.456 e. The van der Waals surface area contributed by atoms with Crippen LogP contribution < -0.4 is 0 Å². The zero-order chi connectivity index (χ0) is 41.5. The van der Waals surface area contributed by atoms with Crippen molar-refractivity contribution in [3.63, 3.8) is 0 Å². The molecule has 13 rings (SSSR count). The highest BCUT2D eigenvalue weighted by Gasteiger charge is 2.46. The molecule has 1 aliphatic carbocycles. The molecule has 5 heteroatoms. The first-order valence-electron chi connectivity index (χ1n) is 21.3. The molecule has 0 saturated heterocycles. The summed E-state index contributed by atoms with van der Waals surface area (Å²) in [7, 11) is 0. The van der Waals surface area contributed by atoms with Crippen molar-refractivity contribution in [3.8, 4) is 56.4 Å². The third kappa shape index (κ3) is 5.50. The average molecular weight is 822 g/mol. The number of hydrogen-bond donors (Lipinski definition) is 0. The number of nitrogens with zero attached hydrogens (tertiary/aromatic N) is 3. The molecular formula is C58H35N3OS. The second-order valence-corrected chi connectivity index (χ2v) is 17.3. The lowest BCUT2D eigenvalue weighted by Crippen LogP contribution is -2.28. The van der Waals surface area contributed by atoms with E-state index in [9.17, 15) is 0 Å². The Bertz CT molecular complexity index is 3700. The van der Waals surface area contributed by atoms with E-state index >= 15 is 0 Å². The summed E-state index contributed by atoms with van der Waals surface area (Å²) in [6.45, 7) is 0. The normalized spacial score (nSPS) is 12.9. The van der Waals surface area contributed by atoms with Gasteiger partial charge in [0.25, 0.3) is 0 Å². The van der Waals surface area contributed by atoms with Crippen LogP contribution in [0.2, 0.25) is 0 Å². The summed E-state index contributed by atoms with van der Waals surface area (Å²) in [5.41, 5.74) is 13.5. The van der Waals surface area contributed by atoms with Crippen molar-refractivity contribution in [2.75, 3.05) is 0 Å². The molecule has 63 heavy (non-hydrogen) atoms. The zero-order valence-corrected chi connectivity index (χ0v) is 34.7. The number of aromatic nitrogens is 3. The number of benzene rings is 9. The highest BCUT2D eigenvalue weighted by Crippen LogP contribution is 2.56. The van der Waals surface area contributed by atoms with Crippen LogP contribution in [0.25, 0.3) is 98.5 Å². The summed E-state index contributed by atoms with van der Waals surface area (Å²) in [6.07, 6.45) is 0. The Kier molecular flexibility index (Phi) is 7.96. The van der Waals surface area contributed by atoms with Crippen molar-refractivity contribution in [1.82, 2.24) is 15.0 Å². The van der Waals surface area contributed by atoms with E-state index in [1.165, 1.54) is 64.7 Å². The predicted octanol–water partition coefficient (Wildman–Crippen LogP) is 15.2. The Morgan fingerprint density at radius 3 is 1.71 bits per heavy atom. The highest BCUT2D eigenvalue weighted by molar-refractivity contribution is 7.26. The molecule has 12 aromatic rings. The van der Waals surface area contributed by atoms with Crippen LogP contribution in [0.4, 0.5) is 0 Å². The second kappa shape index (κ2) is 14.0. The van der Waals surface area contributed by atoms with Gasteiger partial charge in [-0.15, -0.1) is 11.3 Å². The number of furan rings is 1. The third-order valence-electron chi connectivity index (χ3n) is 12.8. The first kappa shape index (κ1) is 35.7. The summed E-state index contributed by atoms with van der Waals surface area (Å²) in [5, 5.41) is 4.71. The monoisotopic (exact) mass is 821 g/mol.